The monoisotopic (exact) mass is 472 g/mol. The zero-order valence-corrected chi connectivity index (χ0v) is 22.4. The lowest BCUT2D eigenvalue weighted by molar-refractivity contribution is -0.137. The second kappa shape index (κ2) is 12.7. The molecule has 0 aromatic heterocycles. The number of carboxylic acids is 1. The molecule has 0 spiro atoms. The van der Waals surface area contributed by atoms with Gasteiger partial charge in [-0.15, -0.1) is 0 Å². The van der Waals surface area contributed by atoms with Crippen molar-refractivity contribution in [3.05, 3.63) is 47.5 Å². The van der Waals surface area contributed by atoms with E-state index < -0.39 is 14.3 Å². The second-order valence-electron chi connectivity index (χ2n) is 11.1. The molecule has 5 heteroatoms. The van der Waals surface area contributed by atoms with Crippen LogP contribution >= 0.6 is 0 Å². The number of carbonyl (C=O) groups is 2. The van der Waals surface area contributed by atoms with Crippen molar-refractivity contribution in [1.29, 1.82) is 0 Å². The van der Waals surface area contributed by atoms with Crippen LogP contribution in [0.25, 0.3) is 0 Å². The Kier molecular flexibility index (Phi) is 10.6. The Hall–Kier alpha value is -1.72. The maximum absolute atomic E-state index is 12.5. The number of Topliss-reactive ketones (excluding diaryl/α,β-unsaturated/α-hetero) is 1. The standard InChI is InChI=1S/C28H44O4Si/c1-28(2,3)33(4,5)32-24(21-22-13-9-8-10-14-22)19-17-23-18-20-26(29)25(23)15-11-6-7-12-16-27(30)31/h8-10,13-14,18,24-25H,6-7,11-12,15-17,19-21H2,1-5H3,(H,30,31)/t24-,25+/m0/s1. The van der Waals surface area contributed by atoms with E-state index in [0.717, 1.165) is 51.4 Å². The van der Waals surface area contributed by atoms with Gasteiger partial charge >= 0.3 is 5.97 Å². The summed E-state index contributed by atoms with van der Waals surface area (Å²) in [5.74, 6) is -0.327. The summed E-state index contributed by atoms with van der Waals surface area (Å²) in [5, 5.41) is 8.92. The van der Waals surface area contributed by atoms with Gasteiger partial charge in [0.25, 0.3) is 0 Å². The Morgan fingerprint density at radius 3 is 2.42 bits per heavy atom. The largest absolute Gasteiger partial charge is 0.481 e. The molecule has 0 aliphatic heterocycles. The zero-order chi connectivity index (χ0) is 24.5. The van der Waals surface area contributed by atoms with Gasteiger partial charge in [-0.3, -0.25) is 9.59 Å². The van der Waals surface area contributed by atoms with Gasteiger partial charge in [0, 0.05) is 24.9 Å². The van der Waals surface area contributed by atoms with Crippen molar-refractivity contribution in [1.82, 2.24) is 0 Å². The molecule has 0 amide bonds. The molecule has 2 atom stereocenters. The first-order chi connectivity index (χ1) is 15.5. The lowest BCUT2D eigenvalue weighted by Crippen LogP contribution is -2.44. The highest BCUT2D eigenvalue weighted by Crippen LogP contribution is 2.39. The number of rotatable bonds is 14. The number of allylic oxidation sites excluding steroid dienone is 2. The predicted molar refractivity (Wildman–Crippen MR) is 138 cm³/mol. The number of ketones is 1. The number of carbonyl (C=O) groups excluding carboxylic acids is 1. The third-order valence-electron chi connectivity index (χ3n) is 7.36. The first-order valence-electron chi connectivity index (χ1n) is 12.6. The van der Waals surface area contributed by atoms with Gasteiger partial charge in [-0.05, 0) is 55.8 Å². The molecule has 1 aliphatic carbocycles. The van der Waals surface area contributed by atoms with Crippen molar-refractivity contribution in [2.24, 2.45) is 5.92 Å². The van der Waals surface area contributed by atoms with Crippen LogP contribution in [0.1, 0.15) is 84.1 Å². The average Bonchev–Trinajstić information content (AvgIpc) is 3.08. The van der Waals surface area contributed by atoms with Crippen molar-refractivity contribution in [3.63, 3.8) is 0 Å². The molecule has 0 bridgehead atoms. The fraction of sp³-hybridized carbons (Fsp3) is 0.643. The maximum atomic E-state index is 12.5. The van der Waals surface area contributed by atoms with Crippen molar-refractivity contribution in [3.8, 4) is 0 Å². The summed E-state index contributed by atoms with van der Waals surface area (Å²) in [4.78, 5) is 23.2. The quantitative estimate of drug-likeness (QED) is 0.175. The van der Waals surface area contributed by atoms with E-state index in [1.165, 1.54) is 11.1 Å². The SMILES string of the molecule is CC(C)(C)[Si](C)(C)O[C@@H](CCC1=CCC(=O)[C@@H]1CCCCCCC(=O)O)Cc1ccccc1. The molecule has 0 saturated heterocycles. The molecule has 0 heterocycles. The van der Waals surface area contributed by atoms with Crippen molar-refractivity contribution < 1.29 is 19.1 Å². The van der Waals surface area contributed by atoms with Crippen molar-refractivity contribution in [2.45, 2.75) is 109 Å². The van der Waals surface area contributed by atoms with Crippen LogP contribution in [0.4, 0.5) is 0 Å². The predicted octanol–water partition coefficient (Wildman–Crippen LogP) is 7.34. The topological polar surface area (TPSA) is 63.6 Å². The number of hydrogen-bond donors (Lipinski definition) is 1. The van der Waals surface area contributed by atoms with E-state index in [1.807, 2.05) is 0 Å². The molecular formula is C28H44O4Si. The molecule has 4 nitrogen and oxygen atoms in total. The third-order valence-corrected chi connectivity index (χ3v) is 11.9. The lowest BCUT2D eigenvalue weighted by atomic mass is 9.90. The van der Waals surface area contributed by atoms with Gasteiger partial charge < -0.3 is 9.53 Å². The summed E-state index contributed by atoms with van der Waals surface area (Å²) in [7, 11) is -1.90. The molecule has 1 aliphatic rings. The Balaban J connectivity index is 1.95. The van der Waals surface area contributed by atoms with Gasteiger partial charge in [0.1, 0.15) is 5.78 Å². The van der Waals surface area contributed by atoms with Crippen LogP contribution in [0.3, 0.4) is 0 Å². The molecule has 1 aromatic rings. The van der Waals surface area contributed by atoms with E-state index in [4.69, 9.17) is 9.53 Å². The molecular weight excluding hydrogens is 428 g/mol. The van der Waals surface area contributed by atoms with Crippen LogP contribution < -0.4 is 0 Å². The highest BCUT2D eigenvalue weighted by molar-refractivity contribution is 6.74. The summed E-state index contributed by atoms with van der Waals surface area (Å²) in [6, 6.07) is 10.6. The minimum Gasteiger partial charge on any atom is -0.481 e. The highest BCUT2D eigenvalue weighted by atomic mass is 28.4. The molecule has 2 rings (SSSR count). The zero-order valence-electron chi connectivity index (χ0n) is 21.4. The number of unbranched alkanes of at least 4 members (excludes halogenated alkanes) is 3. The van der Waals surface area contributed by atoms with E-state index in [2.05, 4.69) is 70.3 Å². The minimum atomic E-state index is -1.90. The fourth-order valence-electron chi connectivity index (χ4n) is 4.32. The first-order valence-corrected chi connectivity index (χ1v) is 15.6. The number of aliphatic carboxylic acids is 1. The van der Waals surface area contributed by atoms with E-state index in [1.54, 1.807) is 0 Å². The second-order valence-corrected chi connectivity index (χ2v) is 15.8. The Labute approximate surface area is 201 Å². The molecule has 184 valence electrons. The Morgan fingerprint density at radius 1 is 1.12 bits per heavy atom. The molecule has 33 heavy (non-hydrogen) atoms. The molecule has 0 radical (unpaired) electrons. The number of carboxylic acid groups (broad SMARTS) is 1. The van der Waals surface area contributed by atoms with Crippen molar-refractivity contribution >= 4 is 20.1 Å². The van der Waals surface area contributed by atoms with Gasteiger partial charge in [0.2, 0.25) is 0 Å². The van der Waals surface area contributed by atoms with Gasteiger partial charge in [-0.2, -0.15) is 0 Å². The van der Waals surface area contributed by atoms with E-state index >= 15 is 0 Å². The molecule has 0 unspecified atom stereocenters. The molecule has 0 saturated carbocycles. The highest BCUT2D eigenvalue weighted by Gasteiger charge is 2.39. The van der Waals surface area contributed by atoms with Crippen LogP contribution in [-0.4, -0.2) is 31.3 Å². The van der Waals surface area contributed by atoms with Crippen LogP contribution in [0.5, 0.6) is 0 Å². The third kappa shape index (κ3) is 9.21. The van der Waals surface area contributed by atoms with Gasteiger partial charge in [-0.25, -0.2) is 0 Å². The maximum Gasteiger partial charge on any atom is 0.303 e. The summed E-state index contributed by atoms with van der Waals surface area (Å²) in [5.41, 5.74) is 2.60. The summed E-state index contributed by atoms with van der Waals surface area (Å²) < 4.78 is 6.85. The smallest absolute Gasteiger partial charge is 0.303 e. The molecule has 1 aromatic carbocycles. The van der Waals surface area contributed by atoms with E-state index in [0.29, 0.717) is 12.2 Å². The molecule has 1 N–H and O–H groups in total. The van der Waals surface area contributed by atoms with Gasteiger partial charge in [-0.1, -0.05) is 82.0 Å². The van der Waals surface area contributed by atoms with E-state index in [-0.39, 0.29) is 23.5 Å². The Bertz CT molecular complexity index is 792. The van der Waals surface area contributed by atoms with Gasteiger partial charge in [0.15, 0.2) is 8.32 Å². The van der Waals surface area contributed by atoms with Crippen LogP contribution in [0, 0.1) is 5.92 Å². The fourth-order valence-corrected chi connectivity index (χ4v) is 5.71. The van der Waals surface area contributed by atoms with Gasteiger partial charge in [0.05, 0.1) is 0 Å². The van der Waals surface area contributed by atoms with Crippen LogP contribution in [0.15, 0.2) is 42.0 Å². The summed E-state index contributed by atoms with van der Waals surface area (Å²) >= 11 is 0. The minimum absolute atomic E-state index is 0.0507. The normalized spacial score (nSPS) is 17.8. The average molecular weight is 473 g/mol. The van der Waals surface area contributed by atoms with Crippen LogP contribution in [-0.2, 0) is 20.4 Å². The summed E-state index contributed by atoms with van der Waals surface area (Å²) in [6.45, 7) is 11.5. The van der Waals surface area contributed by atoms with Crippen molar-refractivity contribution in [2.75, 3.05) is 0 Å². The summed E-state index contributed by atoms with van der Waals surface area (Å²) in [6.07, 6.45) is 10.4. The lowest BCUT2D eigenvalue weighted by Gasteiger charge is -2.39. The first kappa shape index (κ1) is 27.5. The van der Waals surface area contributed by atoms with Crippen LogP contribution in [0.2, 0.25) is 18.1 Å². The Morgan fingerprint density at radius 2 is 1.79 bits per heavy atom. The van der Waals surface area contributed by atoms with E-state index in [9.17, 15) is 9.59 Å². The molecule has 0 fully saturated rings. The number of hydrogen-bond acceptors (Lipinski definition) is 3. The number of benzene rings is 1.